The number of ketones is 1. The molecule has 10 heteroatoms. The summed E-state index contributed by atoms with van der Waals surface area (Å²) in [5.41, 5.74) is 6.55. The molecule has 0 saturated carbocycles. The summed E-state index contributed by atoms with van der Waals surface area (Å²) in [5.74, 6) is -4.27. The van der Waals surface area contributed by atoms with Crippen molar-refractivity contribution in [1.29, 1.82) is 5.26 Å². The van der Waals surface area contributed by atoms with Gasteiger partial charge in [0.05, 0.1) is 43.0 Å². The number of methoxy groups -OCH3 is 2. The molecule has 0 fully saturated rings. The number of hydrogen-bond acceptors (Lipinski definition) is 8. The van der Waals surface area contributed by atoms with Crippen molar-refractivity contribution in [3.05, 3.63) is 123 Å². The Kier molecular flexibility index (Phi) is 7.79. The molecule has 1 aliphatic heterocycles. The van der Waals surface area contributed by atoms with E-state index >= 15 is 0 Å². The van der Waals surface area contributed by atoms with E-state index in [9.17, 15) is 24.0 Å². The molecule has 0 saturated heterocycles. The number of rotatable bonds is 6. The van der Waals surface area contributed by atoms with Crippen molar-refractivity contribution < 1.29 is 28.2 Å². The SMILES string of the molecule is COC(=O)C1=C(C(=O)OC)N(c2ccc(Cl)cc2C(=O)c2ccc(F)cc2)C(N)=C(C#N)C1c1ccccc1. The van der Waals surface area contributed by atoms with E-state index in [-0.39, 0.29) is 44.5 Å². The van der Waals surface area contributed by atoms with E-state index in [0.29, 0.717) is 5.56 Å². The summed E-state index contributed by atoms with van der Waals surface area (Å²) in [6.07, 6.45) is 0. The lowest BCUT2D eigenvalue weighted by Gasteiger charge is -2.36. The fourth-order valence-corrected chi connectivity index (χ4v) is 4.58. The molecule has 0 amide bonds. The van der Waals surface area contributed by atoms with Crippen LogP contribution in [0.5, 0.6) is 0 Å². The third-order valence-corrected chi connectivity index (χ3v) is 6.40. The first kappa shape index (κ1) is 27.1. The number of nitrogens with two attached hydrogens (primary N) is 1. The second kappa shape index (κ2) is 11.2. The van der Waals surface area contributed by atoms with E-state index < -0.39 is 29.5 Å². The summed E-state index contributed by atoms with van der Waals surface area (Å²) in [4.78, 5) is 41.2. The molecule has 0 radical (unpaired) electrons. The van der Waals surface area contributed by atoms with Gasteiger partial charge < -0.3 is 15.2 Å². The standard InChI is InChI=1S/C29H21ClFN3O5/c1-38-28(36)24-23(16-6-4-3-5-7-16)21(15-32)27(33)34(25(24)29(37)39-2)22-13-10-18(30)14-20(22)26(35)17-8-11-19(31)12-9-17/h3-14,23H,33H2,1-2H3. The number of esters is 2. The summed E-state index contributed by atoms with van der Waals surface area (Å²) >= 11 is 6.23. The minimum Gasteiger partial charge on any atom is -0.466 e. The van der Waals surface area contributed by atoms with E-state index in [2.05, 4.69) is 6.07 Å². The Hall–Kier alpha value is -4.94. The molecule has 0 bridgehead atoms. The topological polar surface area (TPSA) is 123 Å². The van der Waals surface area contributed by atoms with Crippen molar-refractivity contribution >= 4 is 35.0 Å². The Bertz CT molecular complexity index is 1580. The van der Waals surface area contributed by atoms with Gasteiger partial charge in [0.1, 0.15) is 17.3 Å². The van der Waals surface area contributed by atoms with Gasteiger partial charge in [-0.3, -0.25) is 9.69 Å². The molecule has 3 aromatic carbocycles. The highest BCUT2D eigenvalue weighted by Crippen LogP contribution is 2.44. The Morgan fingerprint density at radius 2 is 1.62 bits per heavy atom. The summed E-state index contributed by atoms with van der Waals surface area (Å²) in [5, 5.41) is 10.4. The van der Waals surface area contributed by atoms with Gasteiger partial charge in [-0.05, 0) is 48.0 Å². The van der Waals surface area contributed by atoms with Gasteiger partial charge in [-0.1, -0.05) is 41.9 Å². The number of hydrogen-bond donors (Lipinski definition) is 1. The number of carbonyl (C=O) groups is 3. The molecule has 0 spiro atoms. The second-order valence-electron chi connectivity index (χ2n) is 8.33. The third kappa shape index (κ3) is 4.98. The molecule has 1 atom stereocenters. The van der Waals surface area contributed by atoms with Crippen molar-refractivity contribution in [2.24, 2.45) is 5.73 Å². The summed E-state index contributed by atoms with van der Waals surface area (Å²) < 4.78 is 23.6. The average Bonchev–Trinajstić information content (AvgIpc) is 2.96. The quantitative estimate of drug-likeness (QED) is 0.352. The van der Waals surface area contributed by atoms with Gasteiger partial charge >= 0.3 is 11.9 Å². The van der Waals surface area contributed by atoms with Crippen LogP contribution in [0.3, 0.4) is 0 Å². The Labute approximate surface area is 228 Å². The van der Waals surface area contributed by atoms with Gasteiger partial charge in [0.15, 0.2) is 5.78 Å². The first-order chi connectivity index (χ1) is 18.7. The maximum Gasteiger partial charge on any atom is 0.355 e. The maximum absolute atomic E-state index is 13.6. The molecule has 3 aromatic rings. The Morgan fingerprint density at radius 3 is 2.21 bits per heavy atom. The van der Waals surface area contributed by atoms with Crippen LogP contribution in [-0.4, -0.2) is 31.9 Å². The highest BCUT2D eigenvalue weighted by Gasteiger charge is 2.43. The number of nitrogens with zero attached hydrogens (tertiary/aromatic N) is 2. The van der Waals surface area contributed by atoms with Gasteiger partial charge in [-0.25, -0.2) is 14.0 Å². The lowest BCUT2D eigenvalue weighted by molar-refractivity contribution is -0.139. The van der Waals surface area contributed by atoms with Crippen LogP contribution >= 0.6 is 11.6 Å². The Balaban J connectivity index is 2.07. The van der Waals surface area contributed by atoms with E-state index in [0.717, 1.165) is 31.3 Å². The first-order valence-corrected chi connectivity index (χ1v) is 11.9. The number of ether oxygens (including phenoxy) is 2. The molecule has 8 nitrogen and oxygen atoms in total. The van der Waals surface area contributed by atoms with Crippen LogP contribution in [0.15, 0.2) is 95.5 Å². The molecular formula is C29H21ClFN3O5. The summed E-state index contributed by atoms with van der Waals surface area (Å²) in [6, 6.07) is 19.6. The van der Waals surface area contributed by atoms with E-state index in [4.69, 9.17) is 26.8 Å². The zero-order valence-corrected chi connectivity index (χ0v) is 21.5. The minimum atomic E-state index is -1.07. The predicted molar refractivity (Wildman–Crippen MR) is 141 cm³/mol. The highest BCUT2D eigenvalue weighted by atomic mass is 35.5. The molecule has 1 heterocycles. The molecular weight excluding hydrogens is 525 g/mol. The smallest absolute Gasteiger partial charge is 0.355 e. The monoisotopic (exact) mass is 545 g/mol. The molecule has 0 aliphatic carbocycles. The van der Waals surface area contributed by atoms with Crippen LogP contribution in [0.25, 0.3) is 0 Å². The number of nitriles is 1. The third-order valence-electron chi connectivity index (χ3n) is 6.16. The zero-order valence-electron chi connectivity index (χ0n) is 20.8. The van der Waals surface area contributed by atoms with Crippen LogP contribution in [0, 0.1) is 17.1 Å². The molecule has 0 aromatic heterocycles. The molecule has 1 unspecified atom stereocenters. The van der Waals surface area contributed by atoms with Gasteiger partial charge in [0.2, 0.25) is 0 Å². The van der Waals surface area contributed by atoms with E-state index in [1.54, 1.807) is 30.3 Å². The first-order valence-electron chi connectivity index (χ1n) is 11.5. The van der Waals surface area contributed by atoms with Crippen LogP contribution in [-0.2, 0) is 19.1 Å². The van der Waals surface area contributed by atoms with E-state index in [1.165, 1.54) is 30.3 Å². The average molecular weight is 546 g/mol. The minimum absolute atomic E-state index is 0.0295. The van der Waals surface area contributed by atoms with Gasteiger partial charge in [0, 0.05) is 16.1 Å². The summed E-state index contributed by atoms with van der Waals surface area (Å²) in [7, 11) is 2.25. The predicted octanol–water partition coefficient (Wildman–Crippen LogP) is 4.61. The maximum atomic E-state index is 13.6. The van der Waals surface area contributed by atoms with Crippen LogP contribution in [0.2, 0.25) is 5.02 Å². The molecule has 4 rings (SSSR count). The molecule has 39 heavy (non-hydrogen) atoms. The van der Waals surface area contributed by atoms with Crippen molar-refractivity contribution in [3.8, 4) is 6.07 Å². The second-order valence-corrected chi connectivity index (χ2v) is 8.77. The van der Waals surface area contributed by atoms with Crippen molar-refractivity contribution in [2.45, 2.75) is 5.92 Å². The number of benzene rings is 3. The van der Waals surface area contributed by atoms with Gasteiger partial charge in [-0.2, -0.15) is 5.26 Å². The normalized spacial score (nSPS) is 15.1. The fourth-order valence-electron chi connectivity index (χ4n) is 4.41. The van der Waals surface area contributed by atoms with E-state index in [1.807, 2.05) is 0 Å². The molecule has 1 aliphatic rings. The lowest BCUT2D eigenvalue weighted by atomic mass is 9.80. The van der Waals surface area contributed by atoms with Gasteiger partial charge in [0.25, 0.3) is 0 Å². The molecule has 2 N–H and O–H groups in total. The number of carbonyl (C=O) groups excluding carboxylic acids is 3. The van der Waals surface area contributed by atoms with Crippen LogP contribution in [0.4, 0.5) is 10.1 Å². The van der Waals surface area contributed by atoms with Crippen molar-refractivity contribution in [1.82, 2.24) is 0 Å². The Morgan fingerprint density at radius 1 is 0.974 bits per heavy atom. The molecule has 196 valence electrons. The van der Waals surface area contributed by atoms with Crippen LogP contribution < -0.4 is 10.6 Å². The fraction of sp³-hybridized carbons (Fsp3) is 0.103. The number of allylic oxidation sites excluding steroid dienone is 1. The van der Waals surface area contributed by atoms with Crippen molar-refractivity contribution in [2.75, 3.05) is 19.1 Å². The lowest BCUT2D eigenvalue weighted by Crippen LogP contribution is -2.41. The van der Waals surface area contributed by atoms with Gasteiger partial charge in [-0.15, -0.1) is 0 Å². The highest BCUT2D eigenvalue weighted by molar-refractivity contribution is 6.31. The van der Waals surface area contributed by atoms with Crippen LogP contribution in [0.1, 0.15) is 27.4 Å². The summed E-state index contributed by atoms with van der Waals surface area (Å²) in [6.45, 7) is 0. The van der Waals surface area contributed by atoms with Crippen molar-refractivity contribution in [3.63, 3.8) is 0 Å². The zero-order chi connectivity index (χ0) is 28.3. The number of anilines is 1. The number of halogens is 2. The largest absolute Gasteiger partial charge is 0.466 e.